The highest BCUT2D eigenvalue weighted by Gasteiger charge is 2.12. The minimum Gasteiger partial charge on any atom is -0.497 e. The SMILES string of the molecule is COc1ccc(NC(=O)c2cnc(Nc3ccc(N4CCCC4)cc3)nc2)cc1. The van der Waals surface area contributed by atoms with Crippen molar-refractivity contribution in [3.8, 4) is 5.75 Å². The molecule has 1 amide bonds. The molecule has 2 N–H and O–H groups in total. The van der Waals surface area contributed by atoms with Crippen LogP contribution in [0.4, 0.5) is 23.0 Å². The Morgan fingerprint density at radius 3 is 2.17 bits per heavy atom. The van der Waals surface area contributed by atoms with Crippen LogP contribution in [0.5, 0.6) is 5.75 Å². The van der Waals surface area contributed by atoms with Crippen molar-refractivity contribution in [1.29, 1.82) is 0 Å². The molecule has 4 rings (SSSR count). The van der Waals surface area contributed by atoms with Crippen LogP contribution in [0.2, 0.25) is 0 Å². The second kappa shape index (κ2) is 8.60. The zero-order valence-electron chi connectivity index (χ0n) is 16.3. The van der Waals surface area contributed by atoms with E-state index in [2.05, 4.69) is 37.6 Å². The molecule has 0 unspecified atom stereocenters. The van der Waals surface area contributed by atoms with Crippen LogP contribution in [0.1, 0.15) is 23.2 Å². The number of methoxy groups -OCH3 is 1. The van der Waals surface area contributed by atoms with E-state index in [0.717, 1.165) is 24.5 Å². The van der Waals surface area contributed by atoms with Crippen LogP contribution in [-0.4, -0.2) is 36.1 Å². The number of hydrogen-bond donors (Lipinski definition) is 2. The molecule has 7 heteroatoms. The van der Waals surface area contributed by atoms with Gasteiger partial charge in [0.1, 0.15) is 5.75 Å². The summed E-state index contributed by atoms with van der Waals surface area (Å²) in [4.78, 5) is 23.2. The summed E-state index contributed by atoms with van der Waals surface area (Å²) in [7, 11) is 1.60. The van der Waals surface area contributed by atoms with E-state index >= 15 is 0 Å². The van der Waals surface area contributed by atoms with Crippen LogP contribution in [0.3, 0.4) is 0 Å². The van der Waals surface area contributed by atoms with E-state index in [9.17, 15) is 4.79 Å². The number of nitrogens with zero attached hydrogens (tertiary/aromatic N) is 3. The Kier molecular flexibility index (Phi) is 5.56. The van der Waals surface area contributed by atoms with Crippen LogP contribution in [0.25, 0.3) is 0 Å². The zero-order valence-corrected chi connectivity index (χ0v) is 16.3. The number of aromatic nitrogens is 2. The molecule has 1 saturated heterocycles. The number of ether oxygens (including phenoxy) is 1. The molecular formula is C22H23N5O2. The van der Waals surface area contributed by atoms with Crippen molar-refractivity contribution in [2.75, 3.05) is 35.7 Å². The highest BCUT2D eigenvalue weighted by atomic mass is 16.5. The summed E-state index contributed by atoms with van der Waals surface area (Å²) in [6.45, 7) is 2.24. The van der Waals surface area contributed by atoms with Gasteiger partial charge in [-0.2, -0.15) is 0 Å². The first-order valence-electron chi connectivity index (χ1n) is 9.61. The van der Waals surface area contributed by atoms with Crippen LogP contribution in [0, 0.1) is 0 Å². The number of amides is 1. The maximum atomic E-state index is 12.4. The van der Waals surface area contributed by atoms with E-state index in [0.29, 0.717) is 17.2 Å². The third-order valence-corrected chi connectivity index (χ3v) is 4.86. The average molecular weight is 389 g/mol. The Balaban J connectivity index is 1.36. The maximum absolute atomic E-state index is 12.4. The Morgan fingerprint density at radius 2 is 1.55 bits per heavy atom. The van der Waals surface area contributed by atoms with E-state index in [1.165, 1.54) is 30.9 Å². The minimum atomic E-state index is -0.267. The monoisotopic (exact) mass is 389 g/mol. The van der Waals surface area contributed by atoms with Crippen molar-refractivity contribution >= 4 is 28.9 Å². The van der Waals surface area contributed by atoms with Gasteiger partial charge in [0, 0.05) is 42.5 Å². The molecule has 2 aromatic carbocycles. The molecule has 7 nitrogen and oxygen atoms in total. The second-order valence-corrected chi connectivity index (χ2v) is 6.84. The molecule has 0 bridgehead atoms. The van der Waals surface area contributed by atoms with Crippen molar-refractivity contribution in [3.63, 3.8) is 0 Å². The lowest BCUT2D eigenvalue weighted by Crippen LogP contribution is -2.17. The molecule has 148 valence electrons. The summed E-state index contributed by atoms with van der Waals surface area (Å²) >= 11 is 0. The van der Waals surface area contributed by atoms with Crippen molar-refractivity contribution < 1.29 is 9.53 Å². The molecule has 2 heterocycles. The highest BCUT2D eigenvalue weighted by molar-refractivity contribution is 6.03. The first-order chi connectivity index (χ1) is 14.2. The smallest absolute Gasteiger partial charge is 0.258 e. The number of carbonyl (C=O) groups excluding carboxylic acids is 1. The van der Waals surface area contributed by atoms with Crippen LogP contribution >= 0.6 is 0 Å². The highest BCUT2D eigenvalue weighted by Crippen LogP contribution is 2.23. The predicted octanol–water partition coefficient (Wildman–Crippen LogP) is 4.08. The predicted molar refractivity (Wildman–Crippen MR) is 114 cm³/mol. The second-order valence-electron chi connectivity index (χ2n) is 6.84. The summed E-state index contributed by atoms with van der Waals surface area (Å²) in [6.07, 6.45) is 5.53. The van der Waals surface area contributed by atoms with Gasteiger partial charge in [0.25, 0.3) is 5.91 Å². The number of carbonyl (C=O) groups is 1. The number of anilines is 4. The molecule has 1 aliphatic rings. The largest absolute Gasteiger partial charge is 0.497 e. The third kappa shape index (κ3) is 4.63. The molecule has 0 aliphatic carbocycles. The molecule has 0 radical (unpaired) electrons. The van der Waals surface area contributed by atoms with Crippen molar-refractivity contribution in [2.45, 2.75) is 12.8 Å². The van der Waals surface area contributed by atoms with Gasteiger partial charge >= 0.3 is 0 Å². The number of hydrogen-bond acceptors (Lipinski definition) is 6. The Hall–Kier alpha value is -3.61. The van der Waals surface area contributed by atoms with Gasteiger partial charge in [-0.15, -0.1) is 0 Å². The first-order valence-corrected chi connectivity index (χ1v) is 9.61. The Bertz CT molecular complexity index is 950. The fourth-order valence-electron chi connectivity index (χ4n) is 3.25. The molecule has 1 aliphatic heterocycles. The summed E-state index contributed by atoms with van der Waals surface area (Å²) < 4.78 is 5.11. The normalized spacial score (nSPS) is 13.2. The lowest BCUT2D eigenvalue weighted by molar-refractivity contribution is 0.102. The third-order valence-electron chi connectivity index (χ3n) is 4.86. The Labute approximate surface area is 169 Å². The van der Waals surface area contributed by atoms with Gasteiger partial charge in [0.15, 0.2) is 0 Å². The lowest BCUT2D eigenvalue weighted by atomic mass is 10.2. The average Bonchev–Trinajstić information content (AvgIpc) is 3.30. The van der Waals surface area contributed by atoms with Gasteiger partial charge in [0.2, 0.25) is 5.95 Å². The molecule has 29 heavy (non-hydrogen) atoms. The van der Waals surface area contributed by atoms with Gasteiger partial charge in [-0.1, -0.05) is 0 Å². The number of benzene rings is 2. The van der Waals surface area contributed by atoms with Gasteiger partial charge < -0.3 is 20.3 Å². The van der Waals surface area contributed by atoms with E-state index in [4.69, 9.17) is 4.74 Å². The molecule has 0 atom stereocenters. The summed E-state index contributed by atoms with van der Waals surface area (Å²) in [5.41, 5.74) is 3.20. The van der Waals surface area contributed by atoms with Crippen LogP contribution in [0.15, 0.2) is 60.9 Å². The van der Waals surface area contributed by atoms with Crippen molar-refractivity contribution in [1.82, 2.24) is 9.97 Å². The molecule has 0 spiro atoms. The van der Waals surface area contributed by atoms with E-state index in [-0.39, 0.29) is 5.91 Å². The van der Waals surface area contributed by atoms with Crippen LogP contribution < -0.4 is 20.3 Å². The topological polar surface area (TPSA) is 79.4 Å². The summed E-state index contributed by atoms with van der Waals surface area (Å²) in [5, 5.41) is 5.98. The van der Waals surface area contributed by atoms with Gasteiger partial charge in [-0.05, 0) is 61.4 Å². The first kappa shape index (κ1) is 18.7. The molecule has 1 fully saturated rings. The van der Waals surface area contributed by atoms with Crippen molar-refractivity contribution in [2.24, 2.45) is 0 Å². The zero-order chi connectivity index (χ0) is 20.1. The van der Waals surface area contributed by atoms with E-state index < -0.39 is 0 Å². The van der Waals surface area contributed by atoms with E-state index in [1.54, 1.807) is 31.4 Å². The van der Waals surface area contributed by atoms with Crippen molar-refractivity contribution in [3.05, 3.63) is 66.5 Å². The standard InChI is InChI=1S/C22H23N5O2/c1-29-20-10-6-17(7-11-20)25-21(28)16-14-23-22(24-15-16)26-18-4-8-19(9-5-18)27-12-2-3-13-27/h4-11,14-15H,2-3,12-13H2,1H3,(H,25,28)(H,23,24,26). The summed E-state index contributed by atoms with van der Waals surface area (Å²) in [5.74, 6) is 0.909. The fourth-order valence-corrected chi connectivity index (χ4v) is 3.25. The number of nitrogens with one attached hydrogen (secondary N) is 2. The summed E-state index contributed by atoms with van der Waals surface area (Å²) in [6, 6.07) is 15.4. The van der Waals surface area contributed by atoms with E-state index in [1.807, 2.05) is 12.1 Å². The maximum Gasteiger partial charge on any atom is 0.258 e. The van der Waals surface area contributed by atoms with Crippen LogP contribution in [-0.2, 0) is 0 Å². The fraction of sp³-hybridized carbons (Fsp3) is 0.227. The molecule has 1 aromatic heterocycles. The quantitative estimate of drug-likeness (QED) is 0.661. The number of rotatable bonds is 6. The molecule has 3 aromatic rings. The van der Waals surface area contributed by atoms with Gasteiger partial charge in [-0.25, -0.2) is 9.97 Å². The molecular weight excluding hydrogens is 366 g/mol. The lowest BCUT2D eigenvalue weighted by Gasteiger charge is -2.17. The van der Waals surface area contributed by atoms with Gasteiger partial charge in [-0.3, -0.25) is 4.79 Å². The molecule has 0 saturated carbocycles. The van der Waals surface area contributed by atoms with Gasteiger partial charge in [0.05, 0.1) is 12.7 Å². The minimum absolute atomic E-state index is 0.267. The Morgan fingerprint density at radius 1 is 0.931 bits per heavy atom.